The summed E-state index contributed by atoms with van der Waals surface area (Å²) in [4.78, 5) is 40.0. The van der Waals surface area contributed by atoms with Gasteiger partial charge in [-0.25, -0.2) is 0 Å². The van der Waals surface area contributed by atoms with Crippen molar-refractivity contribution in [2.24, 2.45) is 11.8 Å². The van der Waals surface area contributed by atoms with Crippen molar-refractivity contribution in [1.29, 1.82) is 0 Å². The molecular weight excluding hydrogens is 615 g/mol. The summed E-state index contributed by atoms with van der Waals surface area (Å²) in [6.07, 6.45) is 8.80. The summed E-state index contributed by atoms with van der Waals surface area (Å²) in [6.45, 7) is 0.461. The zero-order chi connectivity index (χ0) is 27.9. The number of amides is 2. The fourth-order valence-electron chi connectivity index (χ4n) is 5.76. The fraction of sp³-hybridized carbons (Fsp3) is 0.621. The molecule has 1 aromatic carbocycles. The molecule has 0 aromatic heterocycles. The Bertz CT molecular complexity index is 1070. The predicted octanol–water partition coefficient (Wildman–Crippen LogP) is 3.24. The van der Waals surface area contributed by atoms with E-state index >= 15 is 0 Å². The van der Waals surface area contributed by atoms with Gasteiger partial charge in [0.2, 0.25) is 11.8 Å². The maximum absolute atomic E-state index is 13.7. The van der Waals surface area contributed by atoms with Crippen LogP contribution in [0.3, 0.4) is 0 Å². The number of aldehydes is 1. The minimum absolute atomic E-state index is 0.0466. The van der Waals surface area contributed by atoms with E-state index in [1.807, 2.05) is 27.5 Å². The summed E-state index contributed by atoms with van der Waals surface area (Å²) in [6, 6.07) is 2.58. The molecule has 2 amide bonds. The molecule has 4 rings (SSSR count). The van der Waals surface area contributed by atoms with Gasteiger partial charge < -0.3 is 29.9 Å². The predicted molar refractivity (Wildman–Crippen MR) is 154 cm³/mol. The third kappa shape index (κ3) is 7.13. The molecule has 0 heterocycles. The van der Waals surface area contributed by atoms with Gasteiger partial charge in [0, 0.05) is 36.6 Å². The average molecular weight is 655 g/mol. The average Bonchev–Trinajstić information content (AvgIpc) is 2.91. The smallest absolute Gasteiger partial charge is 0.247 e. The minimum Gasteiger partial charge on any atom is -0.493 e. The number of carbonyl (C=O) groups excluding carboxylic acids is 3. The van der Waals surface area contributed by atoms with Crippen molar-refractivity contribution in [2.45, 2.75) is 76.0 Å². The highest BCUT2D eigenvalue weighted by molar-refractivity contribution is 14.1. The number of aliphatic hydroxyl groups excluding tert-OH is 2. The molecule has 0 spiro atoms. The van der Waals surface area contributed by atoms with Crippen molar-refractivity contribution >= 4 is 40.7 Å². The molecule has 1 aromatic rings. The number of hydrogen-bond acceptors (Lipinski definition) is 7. The van der Waals surface area contributed by atoms with E-state index in [2.05, 4.69) is 5.32 Å². The quantitative estimate of drug-likeness (QED) is 0.247. The van der Waals surface area contributed by atoms with Crippen LogP contribution in [0.5, 0.6) is 11.5 Å². The molecule has 2 saturated carbocycles. The molecule has 0 unspecified atom stereocenters. The molecule has 10 heteroatoms. The molecule has 9 nitrogen and oxygen atoms in total. The Morgan fingerprint density at radius 1 is 1.15 bits per heavy atom. The highest BCUT2D eigenvalue weighted by atomic mass is 127. The summed E-state index contributed by atoms with van der Waals surface area (Å²) in [7, 11) is 1.47. The SMILES string of the molecule is COc1cc(C=O)cc(I)c1O[C@H]1C=C(C(=O)NCCO)C[C@@H](N(CC2CCCCC2)C(=O)C2CCC2)[C@@H]1O. The first-order valence-corrected chi connectivity index (χ1v) is 15.0. The number of methoxy groups -OCH3 is 1. The monoisotopic (exact) mass is 654 g/mol. The topological polar surface area (TPSA) is 125 Å². The first-order valence-electron chi connectivity index (χ1n) is 13.9. The molecule has 0 saturated heterocycles. The van der Waals surface area contributed by atoms with Gasteiger partial charge in [-0.05, 0) is 72.4 Å². The number of aliphatic hydroxyl groups is 2. The van der Waals surface area contributed by atoms with Crippen LogP contribution in [0.25, 0.3) is 0 Å². The molecule has 2 fully saturated rings. The van der Waals surface area contributed by atoms with Gasteiger partial charge in [0.1, 0.15) is 18.5 Å². The van der Waals surface area contributed by atoms with Crippen LogP contribution >= 0.6 is 22.6 Å². The van der Waals surface area contributed by atoms with Gasteiger partial charge in [-0.2, -0.15) is 0 Å². The van der Waals surface area contributed by atoms with Gasteiger partial charge in [-0.1, -0.05) is 25.7 Å². The molecule has 3 atom stereocenters. The number of rotatable bonds is 11. The van der Waals surface area contributed by atoms with E-state index in [1.165, 1.54) is 13.5 Å². The van der Waals surface area contributed by atoms with Crippen LogP contribution in [-0.2, 0) is 9.59 Å². The standard InChI is InChI=1S/C29H39IN2O7/c1-38-25-13-19(17-34)12-22(30)27(25)39-24-15-21(28(36)31-10-11-33)14-23(26(24)35)32(29(37)20-8-5-9-20)16-18-6-3-2-4-7-18/h12-13,15,17-18,20,23-24,26,33,35H,2-11,14,16H2,1H3,(H,31,36)/t23-,24+,26+/m1/s1. The number of hydrogen-bond donors (Lipinski definition) is 3. The van der Waals surface area contributed by atoms with E-state index in [1.54, 1.807) is 18.2 Å². The van der Waals surface area contributed by atoms with Gasteiger partial charge >= 0.3 is 0 Å². The number of carbonyl (C=O) groups is 3. The molecule has 39 heavy (non-hydrogen) atoms. The highest BCUT2D eigenvalue weighted by Crippen LogP contribution is 2.38. The van der Waals surface area contributed by atoms with Crippen molar-refractivity contribution in [2.75, 3.05) is 26.8 Å². The lowest BCUT2D eigenvalue weighted by molar-refractivity contribution is -0.146. The normalized spacial score (nSPS) is 23.8. The van der Waals surface area contributed by atoms with E-state index in [4.69, 9.17) is 9.47 Å². The van der Waals surface area contributed by atoms with Crippen LogP contribution in [0, 0.1) is 15.4 Å². The van der Waals surface area contributed by atoms with Crippen LogP contribution in [0.1, 0.15) is 68.1 Å². The van der Waals surface area contributed by atoms with E-state index in [9.17, 15) is 24.6 Å². The maximum Gasteiger partial charge on any atom is 0.247 e. The molecule has 0 radical (unpaired) electrons. The van der Waals surface area contributed by atoms with Crippen LogP contribution < -0.4 is 14.8 Å². The lowest BCUT2D eigenvalue weighted by Gasteiger charge is -2.44. The van der Waals surface area contributed by atoms with Crippen molar-refractivity contribution in [3.05, 3.63) is 32.9 Å². The van der Waals surface area contributed by atoms with Gasteiger partial charge in [-0.3, -0.25) is 14.4 Å². The Balaban J connectivity index is 1.68. The largest absolute Gasteiger partial charge is 0.493 e. The lowest BCUT2D eigenvalue weighted by Crippen LogP contribution is -2.57. The van der Waals surface area contributed by atoms with Gasteiger partial charge in [0.15, 0.2) is 11.5 Å². The summed E-state index contributed by atoms with van der Waals surface area (Å²) >= 11 is 2.05. The van der Waals surface area contributed by atoms with E-state index in [0.29, 0.717) is 38.7 Å². The summed E-state index contributed by atoms with van der Waals surface area (Å²) in [5.41, 5.74) is 0.826. The second-order valence-corrected chi connectivity index (χ2v) is 12.0. The molecular formula is C29H39IN2O7. The maximum atomic E-state index is 13.7. The number of benzene rings is 1. The Morgan fingerprint density at radius 3 is 2.51 bits per heavy atom. The Labute approximate surface area is 243 Å². The molecule has 214 valence electrons. The van der Waals surface area contributed by atoms with Crippen LogP contribution in [0.2, 0.25) is 0 Å². The molecule has 0 aliphatic heterocycles. The van der Waals surface area contributed by atoms with E-state index in [-0.39, 0.29) is 37.3 Å². The first-order chi connectivity index (χ1) is 18.9. The van der Waals surface area contributed by atoms with Crippen LogP contribution in [0.4, 0.5) is 0 Å². The van der Waals surface area contributed by atoms with Crippen LogP contribution in [-0.4, -0.2) is 78.3 Å². The minimum atomic E-state index is -1.08. The fourth-order valence-corrected chi connectivity index (χ4v) is 6.52. The highest BCUT2D eigenvalue weighted by Gasteiger charge is 2.43. The zero-order valence-corrected chi connectivity index (χ0v) is 24.6. The Hall–Kier alpha value is -2.18. The second-order valence-electron chi connectivity index (χ2n) is 10.8. The molecule has 3 aliphatic rings. The Morgan fingerprint density at radius 2 is 1.90 bits per heavy atom. The van der Waals surface area contributed by atoms with Gasteiger partial charge in [0.05, 0.1) is 23.3 Å². The summed E-state index contributed by atoms with van der Waals surface area (Å²) in [5.74, 6) is 0.695. The summed E-state index contributed by atoms with van der Waals surface area (Å²) < 4.78 is 12.4. The van der Waals surface area contributed by atoms with Crippen molar-refractivity contribution in [3.8, 4) is 11.5 Å². The van der Waals surface area contributed by atoms with Gasteiger partial charge in [-0.15, -0.1) is 0 Å². The van der Waals surface area contributed by atoms with E-state index in [0.717, 1.165) is 51.2 Å². The number of halogens is 1. The second kappa shape index (κ2) is 13.9. The molecule has 3 N–H and O–H groups in total. The van der Waals surface area contributed by atoms with E-state index < -0.39 is 18.2 Å². The van der Waals surface area contributed by atoms with Crippen molar-refractivity contribution < 1.29 is 34.1 Å². The third-order valence-electron chi connectivity index (χ3n) is 8.17. The molecule has 0 bridgehead atoms. The number of ether oxygens (including phenoxy) is 2. The van der Waals surface area contributed by atoms with Crippen LogP contribution in [0.15, 0.2) is 23.8 Å². The zero-order valence-electron chi connectivity index (χ0n) is 22.4. The first kappa shape index (κ1) is 29.8. The summed E-state index contributed by atoms with van der Waals surface area (Å²) in [5, 5.41) is 23.6. The molecule has 3 aliphatic carbocycles. The van der Waals surface area contributed by atoms with Crippen molar-refractivity contribution in [3.63, 3.8) is 0 Å². The number of nitrogens with zero attached hydrogens (tertiary/aromatic N) is 1. The van der Waals surface area contributed by atoms with Gasteiger partial charge in [0.25, 0.3) is 0 Å². The third-order valence-corrected chi connectivity index (χ3v) is 8.97. The Kier molecular flexibility index (Phi) is 10.6. The number of nitrogens with one attached hydrogen (secondary N) is 1. The lowest BCUT2D eigenvalue weighted by atomic mass is 9.81. The van der Waals surface area contributed by atoms with Crippen molar-refractivity contribution in [1.82, 2.24) is 10.2 Å².